The average molecular weight is 426 g/mol. The van der Waals surface area contributed by atoms with Crippen molar-refractivity contribution in [3.05, 3.63) is 63.2 Å². The van der Waals surface area contributed by atoms with E-state index in [1.165, 1.54) is 24.3 Å². The van der Waals surface area contributed by atoms with Gasteiger partial charge in [0.25, 0.3) is 11.6 Å². The first-order chi connectivity index (χ1) is 14.7. The second kappa shape index (κ2) is 9.13. The van der Waals surface area contributed by atoms with Gasteiger partial charge in [-0.1, -0.05) is 6.07 Å². The van der Waals surface area contributed by atoms with E-state index in [1.54, 1.807) is 19.1 Å². The van der Waals surface area contributed by atoms with Crippen LogP contribution in [0.25, 0.3) is 0 Å². The van der Waals surface area contributed by atoms with Gasteiger partial charge in [0, 0.05) is 49.7 Å². The molecule has 31 heavy (non-hydrogen) atoms. The van der Waals surface area contributed by atoms with Gasteiger partial charge in [-0.25, -0.2) is 4.79 Å². The quantitative estimate of drug-likeness (QED) is 0.537. The molecular weight excluding hydrogens is 400 g/mol. The molecule has 0 aromatic heterocycles. The predicted molar refractivity (Wildman–Crippen MR) is 118 cm³/mol. The van der Waals surface area contributed by atoms with E-state index in [1.807, 2.05) is 0 Å². The van der Waals surface area contributed by atoms with E-state index >= 15 is 0 Å². The van der Waals surface area contributed by atoms with Crippen molar-refractivity contribution in [2.75, 3.05) is 36.4 Å². The van der Waals surface area contributed by atoms with Gasteiger partial charge in [0.05, 0.1) is 10.5 Å². The molecule has 0 saturated carbocycles. The number of nitro groups is 1. The van der Waals surface area contributed by atoms with Crippen LogP contribution in [0.3, 0.4) is 0 Å². The summed E-state index contributed by atoms with van der Waals surface area (Å²) < 4.78 is 0. The van der Waals surface area contributed by atoms with Crippen LogP contribution in [0.1, 0.15) is 40.1 Å². The van der Waals surface area contributed by atoms with Crippen molar-refractivity contribution >= 4 is 28.9 Å². The number of rotatable bonds is 6. The number of hydrogen-bond donors (Lipinski definition) is 2. The summed E-state index contributed by atoms with van der Waals surface area (Å²) in [7, 11) is 0. The summed E-state index contributed by atoms with van der Waals surface area (Å²) in [6, 6.07) is 9.36. The van der Waals surface area contributed by atoms with Crippen LogP contribution in [0, 0.1) is 17.0 Å². The van der Waals surface area contributed by atoms with Crippen molar-refractivity contribution in [3.63, 3.8) is 0 Å². The van der Waals surface area contributed by atoms with Crippen molar-refractivity contribution < 1.29 is 19.6 Å². The number of carbonyl (C=O) groups is 2. The molecule has 9 nitrogen and oxygen atoms in total. The third-order valence-corrected chi connectivity index (χ3v) is 5.56. The van der Waals surface area contributed by atoms with Gasteiger partial charge >= 0.3 is 5.97 Å². The standard InChI is InChI=1S/C22H26N4O5/c1-14(2)24-8-10-25(11-9-24)17-6-7-20(26(30)31)18(13-17)21(27)23-19-12-16(22(28)29)5-4-15(19)3/h4-7,12-14H,8-11H2,1-3H3,(H,23,27)(H,28,29). The summed E-state index contributed by atoms with van der Waals surface area (Å²) in [6.45, 7) is 9.28. The van der Waals surface area contributed by atoms with E-state index in [-0.39, 0.29) is 16.8 Å². The van der Waals surface area contributed by atoms with Gasteiger partial charge in [0.2, 0.25) is 0 Å². The molecule has 0 radical (unpaired) electrons. The van der Waals surface area contributed by atoms with Crippen LogP contribution < -0.4 is 10.2 Å². The van der Waals surface area contributed by atoms with Crippen LogP contribution in [0.2, 0.25) is 0 Å². The fraction of sp³-hybridized carbons (Fsp3) is 0.364. The van der Waals surface area contributed by atoms with Gasteiger partial charge in [0.1, 0.15) is 5.56 Å². The first-order valence-electron chi connectivity index (χ1n) is 10.1. The van der Waals surface area contributed by atoms with E-state index in [0.717, 1.165) is 31.9 Å². The summed E-state index contributed by atoms with van der Waals surface area (Å²) in [4.78, 5) is 39.6. The highest BCUT2D eigenvalue weighted by atomic mass is 16.6. The van der Waals surface area contributed by atoms with E-state index in [0.29, 0.717) is 17.3 Å². The molecule has 1 fully saturated rings. The summed E-state index contributed by atoms with van der Waals surface area (Å²) in [5.41, 5.74) is 1.36. The Labute approximate surface area is 180 Å². The third-order valence-electron chi connectivity index (χ3n) is 5.56. The topological polar surface area (TPSA) is 116 Å². The first-order valence-corrected chi connectivity index (χ1v) is 10.1. The zero-order chi connectivity index (χ0) is 22.7. The molecule has 1 aliphatic heterocycles. The fourth-order valence-corrected chi connectivity index (χ4v) is 3.64. The molecule has 0 bridgehead atoms. The summed E-state index contributed by atoms with van der Waals surface area (Å²) in [5, 5.41) is 23.3. The summed E-state index contributed by atoms with van der Waals surface area (Å²) in [6.07, 6.45) is 0. The molecule has 1 aliphatic rings. The Bertz CT molecular complexity index is 1010. The van der Waals surface area contributed by atoms with Gasteiger partial charge in [-0.05, 0) is 50.6 Å². The Balaban J connectivity index is 1.88. The number of aryl methyl sites for hydroxylation is 1. The van der Waals surface area contributed by atoms with Crippen LogP contribution in [-0.2, 0) is 0 Å². The minimum Gasteiger partial charge on any atom is -0.478 e. The third kappa shape index (κ3) is 5.00. The van der Waals surface area contributed by atoms with Gasteiger partial charge in [-0.2, -0.15) is 0 Å². The molecule has 1 amide bonds. The monoisotopic (exact) mass is 426 g/mol. The van der Waals surface area contributed by atoms with Crippen molar-refractivity contribution in [1.82, 2.24) is 4.90 Å². The number of nitrogens with zero attached hydrogens (tertiary/aromatic N) is 3. The molecular formula is C22H26N4O5. The number of aromatic carboxylic acids is 1. The van der Waals surface area contributed by atoms with Crippen LogP contribution in [0.15, 0.2) is 36.4 Å². The Morgan fingerprint density at radius 3 is 2.35 bits per heavy atom. The maximum Gasteiger partial charge on any atom is 0.335 e. The maximum absolute atomic E-state index is 13.0. The molecule has 164 valence electrons. The number of carboxylic acid groups (broad SMARTS) is 1. The number of nitro benzene ring substituents is 1. The van der Waals surface area contributed by atoms with Crippen molar-refractivity contribution in [3.8, 4) is 0 Å². The van der Waals surface area contributed by atoms with E-state index in [2.05, 4.69) is 29.0 Å². The molecule has 2 N–H and O–H groups in total. The molecule has 0 spiro atoms. The molecule has 0 atom stereocenters. The fourth-order valence-electron chi connectivity index (χ4n) is 3.64. The van der Waals surface area contributed by atoms with Gasteiger partial charge in [-0.3, -0.25) is 19.8 Å². The van der Waals surface area contributed by atoms with Crippen molar-refractivity contribution in [2.45, 2.75) is 26.8 Å². The highest BCUT2D eigenvalue weighted by molar-refractivity contribution is 6.08. The lowest BCUT2D eigenvalue weighted by atomic mass is 10.1. The number of carbonyl (C=O) groups excluding carboxylic acids is 1. The molecule has 2 aromatic rings. The van der Waals surface area contributed by atoms with Gasteiger partial charge in [0.15, 0.2) is 0 Å². The number of benzene rings is 2. The van der Waals surface area contributed by atoms with Crippen LogP contribution in [0.4, 0.5) is 17.1 Å². The van der Waals surface area contributed by atoms with Gasteiger partial charge in [-0.15, -0.1) is 0 Å². The summed E-state index contributed by atoms with van der Waals surface area (Å²) >= 11 is 0. The first kappa shape index (κ1) is 22.2. The minimum absolute atomic E-state index is 0.0205. The largest absolute Gasteiger partial charge is 0.478 e. The van der Waals surface area contributed by atoms with E-state index in [9.17, 15) is 24.8 Å². The second-order valence-corrected chi connectivity index (χ2v) is 7.86. The molecule has 1 saturated heterocycles. The van der Waals surface area contributed by atoms with Crippen LogP contribution in [-0.4, -0.2) is 59.0 Å². The SMILES string of the molecule is Cc1ccc(C(=O)O)cc1NC(=O)c1cc(N2CCN(C(C)C)CC2)ccc1[N+](=O)[O-]. The molecule has 3 rings (SSSR count). The number of hydrogen-bond acceptors (Lipinski definition) is 6. The van der Waals surface area contributed by atoms with Crippen molar-refractivity contribution in [1.29, 1.82) is 0 Å². The lowest BCUT2D eigenvalue weighted by Gasteiger charge is -2.38. The van der Waals surface area contributed by atoms with Crippen LogP contribution >= 0.6 is 0 Å². The number of amides is 1. The average Bonchev–Trinajstić information content (AvgIpc) is 2.74. The number of piperazine rings is 1. The second-order valence-electron chi connectivity index (χ2n) is 7.86. The number of nitrogens with one attached hydrogen (secondary N) is 1. The lowest BCUT2D eigenvalue weighted by Crippen LogP contribution is -2.48. The highest BCUT2D eigenvalue weighted by Crippen LogP contribution is 2.28. The Kier molecular flexibility index (Phi) is 6.55. The smallest absolute Gasteiger partial charge is 0.335 e. The normalized spacial score (nSPS) is 14.5. The predicted octanol–water partition coefficient (Wildman–Crippen LogP) is 3.38. The van der Waals surface area contributed by atoms with Crippen molar-refractivity contribution in [2.24, 2.45) is 0 Å². The zero-order valence-corrected chi connectivity index (χ0v) is 17.8. The lowest BCUT2D eigenvalue weighted by molar-refractivity contribution is -0.385. The van der Waals surface area contributed by atoms with E-state index in [4.69, 9.17) is 0 Å². The van der Waals surface area contributed by atoms with Crippen LogP contribution in [0.5, 0.6) is 0 Å². The Morgan fingerprint density at radius 2 is 1.77 bits per heavy atom. The zero-order valence-electron chi connectivity index (χ0n) is 17.8. The molecule has 9 heteroatoms. The summed E-state index contributed by atoms with van der Waals surface area (Å²) in [5.74, 6) is -1.77. The molecule has 0 aliphatic carbocycles. The Morgan fingerprint density at radius 1 is 1.10 bits per heavy atom. The van der Waals surface area contributed by atoms with E-state index < -0.39 is 16.8 Å². The molecule has 1 heterocycles. The minimum atomic E-state index is -1.12. The Hall–Kier alpha value is -3.46. The van der Waals surface area contributed by atoms with Gasteiger partial charge < -0.3 is 15.3 Å². The number of anilines is 2. The highest BCUT2D eigenvalue weighted by Gasteiger charge is 2.25. The maximum atomic E-state index is 13.0. The number of carboxylic acids is 1. The molecule has 2 aromatic carbocycles. The molecule has 0 unspecified atom stereocenters.